The van der Waals surface area contributed by atoms with Crippen molar-refractivity contribution >= 4 is 17.8 Å². The number of aliphatic carboxylic acids is 2. The SMILES string of the molecule is C=CCc1ccccc1O[C@H](C)C1=NCCN1.O=C(O)C(=O)O. The van der Waals surface area contributed by atoms with Gasteiger partial charge in [-0.2, -0.15) is 0 Å². The van der Waals surface area contributed by atoms with Crippen molar-refractivity contribution in [2.45, 2.75) is 19.4 Å². The van der Waals surface area contributed by atoms with Gasteiger partial charge >= 0.3 is 11.9 Å². The molecule has 0 unspecified atom stereocenters. The molecule has 1 aliphatic rings. The first-order valence-corrected chi connectivity index (χ1v) is 7.05. The van der Waals surface area contributed by atoms with Gasteiger partial charge in [-0.3, -0.25) is 4.99 Å². The van der Waals surface area contributed by atoms with Crippen molar-refractivity contribution < 1.29 is 24.5 Å². The van der Waals surface area contributed by atoms with Crippen molar-refractivity contribution in [3.8, 4) is 5.75 Å². The molecule has 1 aromatic carbocycles. The monoisotopic (exact) mass is 320 g/mol. The molecule has 1 heterocycles. The van der Waals surface area contributed by atoms with Crippen molar-refractivity contribution in [3.05, 3.63) is 42.5 Å². The maximum Gasteiger partial charge on any atom is 0.414 e. The number of allylic oxidation sites excluding steroid dienone is 1. The van der Waals surface area contributed by atoms with E-state index < -0.39 is 11.9 Å². The van der Waals surface area contributed by atoms with E-state index in [1.807, 2.05) is 31.2 Å². The van der Waals surface area contributed by atoms with Crippen molar-refractivity contribution in [3.63, 3.8) is 0 Å². The summed E-state index contributed by atoms with van der Waals surface area (Å²) in [6.45, 7) is 7.54. The van der Waals surface area contributed by atoms with Crippen LogP contribution in [0.1, 0.15) is 12.5 Å². The van der Waals surface area contributed by atoms with Crippen molar-refractivity contribution in [1.82, 2.24) is 5.32 Å². The second kappa shape index (κ2) is 9.24. The standard InChI is InChI=1S/C14H18N2O.C2H2O4/c1-3-6-12-7-4-5-8-13(12)17-11(2)14-15-9-10-16-14;3-1(4)2(5)6/h3-5,7-8,11H,1,6,9-10H2,2H3,(H,15,16);(H,3,4)(H,5,6)/t11-;/m1./s1. The summed E-state index contributed by atoms with van der Waals surface area (Å²) in [5.74, 6) is -1.79. The Morgan fingerprint density at radius 1 is 1.39 bits per heavy atom. The molecule has 1 aromatic rings. The smallest absolute Gasteiger partial charge is 0.414 e. The molecule has 1 atom stereocenters. The normalized spacial score (nSPS) is 13.7. The molecule has 0 fully saturated rings. The highest BCUT2D eigenvalue weighted by Crippen LogP contribution is 2.20. The van der Waals surface area contributed by atoms with E-state index in [0.717, 1.165) is 36.7 Å². The summed E-state index contributed by atoms with van der Waals surface area (Å²) in [6.07, 6.45) is 2.68. The Hall–Kier alpha value is -2.83. The minimum atomic E-state index is -1.82. The number of carbonyl (C=O) groups is 2. The molecule has 1 aliphatic heterocycles. The fourth-order valence-corrected chi connectivity index (χ4v) is 1.88. The third-order valence-electron chi connectivity index (χ3n) is 2.91. The van der Waals surface area contributed by atoms with Crippen LogP contribution in [0.5, 0.6) is 5.75 Å². The molecule has 0 bridgehead atoms. The molecular weight excluding hydrogens is 300 g/mol. The number of amidine groups is 1. The van der Waals surface area contributed by atoms with Crippen LogP contribution in [0.3, 0.4) is 0 Å². The number of nitrogens with one attached hydrogen (secondary N) is 1. The predicted octanol–water partition coefficient (Wildman–Crippen LogP) is 1.34. The second-order valence-corrected chi connectivity index (χ2v) is 4.66. The molecule has 0 amide bonds. The predicted molar refractivity (Wildman–Crippen MR) is 86.0 cm³/mol. The van der Waals surface area contributed by atoms with Gasteiger partial charge in [0.15, 0.2) is 6.10 Å². The number of carboxylic acid groups (broad SMARTS) is 2. The van der Waals surface area contributed by atoms with Crippen LogP contribution in [0.15, 0.2) is 41.9 Å². The number of nitrogens with zero attached hydrogens (tertiary/aromatic N) is 1. The lowest BCUT2D eigenvalue weighted by Crippen LogP contribution is -2.33. The van der Waals surface area contributed by atoms with Gasteiger partial charge in [0.1, 0.15) is 11.6 Å². The number of hydrogen-bond acceptors (Lipinski definition) is 5. The Balaban J connectivity index is 0.000000379. The molecule has 2 rings (SSSR count). The summed E-state index contributed by atoms with van der Waals surface area (Å²) in [5, 5.41) is 18.0. The lowest BCUT2D eigenvalue weighted by molar-refractivity contribution is -0.159. The Kier molecular flexibility index (Phi) is 7.32. The Morgan fingerprint density at radius 2 is 2.04 bits per heavy atom. The maximum absolute atomic E-state index is 9.10. The zero-order chi connectivity index (χ0) is 17.2. The van der Waals surface area contributed by atoms with Gasteiger partial charge in [-0.1, -0.05) is 24.3 Å². The van der Waals surface area contributed by atoms with Gasteiger partial charge in [-0.25, -0.2) is 9.59 Å². The van der Waals surface area contributed by atoms with E-state index in [1.165, 1.54) is 0 Å². The summed E-state index contributed by atoms with van der Waals surface area (Å²) < 4.78 is 5.94. The van der Waals surface area contributed by atoms with Crippen molar-refractivity contribution in [2.24, 2.45) is 4.99 Å². The van der Waals surface area contributed by atoms with E-state index in [0.29, 0.717) is 0 Å². The number of carboxylic acids is 2. The summed E-state index contributed by atoms with van der Waals surface area (Å²) in [7, 11) is 0. The van der Waals surface area contributed by atoms with E-state index in [-0.39, 0.29) is 6.10 Å². The lowest BCUT2D eigenvalue weighted by atomic mass is 10.1. The third-order valence-corrected chi connectivity index (χ3v) is 2.91. The van der Waals surface area contributed by atoms with Crippen LogP contribution in [0, 0.1) is 0 Å². The van der Waals surface area contributed by atoms with Crippen molar-refractivity contribution in [1.29, 1.82) is 0 Å². The second-order valence-electron chi connectivity index (χ2n) is 4.66. The summed E-state index contributed by atoms with van der Waals surface area (Å²) in [5.41, 5.74) is 1.16. The van der Waals surface area contributed by atoms with Crippen LogP contribution < -0.4 is 10.1 Å². The van der Waals surface area contributed by atoms with Gasteiger partial charge in [0.25, 0.3) is 0 Å². The zero-order valence-corrected chi connectivity index (χ0v) is 12.9. The van der Waals surface area contributed by atoms with E-state index in [2.05, 4.69) is 23.0 Å². The number of rotatable bonds is 5. The number of benzene rings is 1. The van der Waals surface area contributed by atoms with Crippen LogP contribution >= 0.6 is 0 Å². The summed E-state index contributed by atoms with van der Waals surface area (Å²) in [6, 6.07) is 8.05. The molecule has 0 radical (unpaired) electrons. The first-order chi connectivity index (χ1) is 11.0. The van der Waals surface area contributed by atoms with Crippen LogP contribution in [-0.4, -0.2) is 47.2 Å². The van der Waals surface area contributed by atoms with Gasteiger partial charge in [0.05, 0.1) is 6.54 Å². The van der Waals surface area contributed by atoms with E-state index in [1.54, 1.807) is 0 Å². The molecule has 0 saturated heterocycles. The average Bonchev–Trinajstić information content (AvgIpc) is 3.04. The molecule has 0 spiro atoms. The first-order valence-electron chi connectivity index (χ1n) is 7.05. The maximum atomic E-state index is 9.10. The molecule has 3 N–H and O–H groups in total. The van der Waals surface area contributed by atoms with Crippen LogP contribution in [0.2, 0.25) is 0 Å². The first kappa shape index (κ1) is 18.2. The quantitative estimate of drug-likeness (QED) is 0.558. The third kappa shape index (κ3) is 6.21. The Morgan fingerprint density at radius 3 is 2.57 bits per heavy atom. The minimum Gasteiger partial charge on any atom is -0.483 e. The van der Waals surface area contributed by atoms with Crippen LogP contribution in [-0.2, 0) is 16.0 Å². The lowest BCUT2D eigenvalue weighted by Gasteiger charge is -2.17. The number of hydrogen-bond donors (Lipinski definition) is 3. The Labute approximate surface area is 134 Å². The van der Waals surface area contributed by atoms with E-state index in [4.69, 9.17) is 24.5 Å². The fraction of sp³-hybridized carbons (Fsp3) is 0.312. The molecule has 0 saturated carbocycles. The summed E-state index contributed by atoms with van der Waals surface area (Å²) in [4.78, 5) is 22.6. The highest BCUT2D eigenvalue weighted by atomic mass is 16.5. The highest BCUT2D eigenvalue weighted by molar-refractivity contribution is 6.27. The largest absolute Gasteiger partial charge is 0.483 e. The number of ether oxygens (including phenoxy) is 1. The number of aliphatic imine (C=N–C) groups is 1. The molecule has 124 valence electrons. The zero-order valence-electron chi connectivity index (χ0n) is 12.9. The van der Waals surface area contributed by atoms with Gasteiger partial charge in [0, 0.05) is 6.54 Å². The van der Waals surface area contributed by atoms with E-state index >= 15 is 0 Å². The molecule has 23 heavy (non-hydrogen) atoms. The van der Waals surface area contributed by atoms with Gasteiger partial charge in [0.2, 0.25) is 0 Å². The molecular formula is C16H20N2O5. The van der Waals surface area contributed by atoms with Crippen LogP contribution in [0.25, 0.3) is 0 Å². The molecule has 7 nitrogen and oxygen atoms in total. The van der Waals surface area contributed by atoms with Gasteiger partial charge < -0.3 is 20.3 Å². The van der Waals surface area contributed by atoms with Gasteiger partial charge in [-0.15, -0.1) is 6.58 Å². The average molecular weight is 320 g/mol. The van der Waals surface area contributed by atoms with Crippen LogP contribution in [0.4, 0.5) is 0 Å². The minimum absolute atomic E-state index is 0.0246. The topological polar surface area (TPSA) is 108 Å². The van der Waals surface area contributed by atoms with Gasteiger partial charge in [-0.05, 0) is 25.0 Å². The highest BCUT2D eigenvalue weighted by Gasteiger charge is 2.16. The molecule has 0 aromatic heterocycles. The molecule has 0 aliphatic carbocycles. The van der Waals surface area contributed by atoms with Crippen molar-refractivity contribution in [2.75, 3.05) is 13.1 Å². The Bertz CT molecular complexity index is 586. The fourth-order valence-electron chi connectivity index (χ4n) is 1.88. The number of para-hydroxylation sites is 1. The molecule has 7 heteroatoms. The van der Waals surface area contributed by atoms with E-state index in [9.17, 15) is 0 Å². The summed E-state index contributed by atoms with van der Waals surface area (Å²) >= 11 is 0.